The molecule has 0 amide bonds. The summed E-state index contributed by atoms with van der Waals surface area (Å²) in [4.78, 5) is 13.9. The quantitative estimate of drug-likeness (QED) is 0.871. The summed E-state index contributed by atoms with van der Waals surface area (Å²) >= 11 is 1.69. The molecule has 0 bridgehead atoms. The lowest BCUT2D eigenvalue weighted by molar-refractivity contribution is -0.154. The number of rotatable bonds is 6. The van der Waals surface area contributed by atoms with E-state index in [0.717, 1.165) is 25.9 Å². The maximum atomic E-state index is 11.7. The van der Waals surface area contributed by atoms with Gasteiger partial charge in [0.25, 0.3) is 0 Å². The number of thiophene rings is 1. The Bertz CT molecular complexity index is 407. The third kappa shape index (κ3) is 3.55. The van der Waals surface area contributed by atoms with Gasteiger partial charge in [0.1, 0.15) is 0 Å². The second-order valence-electron chi connectivity index (χ2n) is 5.27. The summed E-state index contributed by atoms with van der Waals surface area (Å²) in [5.74, 6) is -0.681. The van der Waals surface area contributed by atoms with Crippen molar-refractivity contribution in [1.82, 2.24) is 4.90 Å². The number of piperidine rings is 1. The molecule has 1 saturated heterocycles. The molecule has 1 aliphatic heterocycles. The van der Waals surface area contributed by atoms with Gasteiger partial charge in [0.2, 0.25) is 0 Å². The predicted molar refractivity (Wildman–Crippen MR) is 75.4 cm³/mol. The second kappa shape index (κ2) is 6.50. The molecular formula is C14H21NO3S. The molecule has 1 aromatic heterocycles. The third-order valence-electron chi connectivity index (χ3n) is 3.88. The van der Waals surface area contributed by atoms with Gasteiger partial charge in [-0.25, -0.2) is 0 Å². The lowest BCUT2D eigenvalue weighted by Gasteiger charge is -2.39. The number of hydrogen-bond donors (Lipinski definition) is 1. The molecule has 19 heavy (non-hydrogen) atoms. The Morgan fingerprint density at radius 3 is 3.11 bits per heavy atom. The highest BCUT2D eigenvalue weighted by Crippen LogP contribution is 2.34. The van der Waals surface area contributed by atoms with Crippen molar-refractivity contribution in [3.05, 3.63) is 22.4 Å². The molecule has 1 atom stereocenters. The van der Waals surface area contributed by atoms with Crippen molar-refractivity contribution in [2.75, 3.05) is 26.8 Å². The molecule has 2 heterocycles. The Labute approximate surface area is 118 Å². The first kappa shape index (κ1) is 14.5. The summed E-state index contributed by atoms with van der Waals surface area (Å²) in [6, 6.07) is 2.11. The van der Waals surface area contributed by atoms with Crippen LogP contribution in [0.4, 0.5) is 0 Å². The van der Waals surface area contributed by atoms with Gasteiger partial charge in [0.15, 0.2) is 0 Å². The van der Waals surface area contributed by atoms with Crippen LogP contribution in [0.1, 0.15) is 24.8 Å². The number of methoxy groups -OCH3 is 1. The zero-order valence-electron chi connectivity index (χ0n) is 11.3. The summed E-state index contributed by atoms with van der Waals surface area (Å²) in [6.45, 7) is 2.98. The summed E-state index contributed by atoms with van der Waals surface area (Å²) in [6.07, 6.45) is 2.30. The monoisotopic (exact) mass is 283 g/mol. The van der Waals surface area contributed by atoms with Gasteiger partial charge in [-0.1, -0.05) is 0 Å². The van der Waals surface area contributed by atoms with E-state index in [-0.39, 0.29) is 0 Å². The molecule has 0 radical (unpaired) electrons. The van der Waals surface area contributed by atoms with Gasteiger partial charge < -0.3 is 9.84 Å². The van der Waals surface area contributed by atoms with Crippen molar-refractivity contribution in [2.45, 2.75) is 25.8 Å². The molecule has 5 heteroatoms. The van der Waals surface area contributed by atoms with Crippen LogP contribution in [0.15, 0.2) is 16.8 Å². The fourth-order valence-corrected chi connectivity index (χ4v) is 3.45. The Balaban J connectivity index is 2.02. The minimum Gasteiger partial charge on any atom is -0.481 e. The number of likely N-dealkylation sites (tertiary alicyclic amines) is 1. The predicted octanol–water partition coefficient (Wildman–Crippen LogP) is 2.45. The van der Waals surface area contributed by atoms with Gasteiger partial charge in [0, 0.05) is 26.8 Å². The van der Waals surface area contributed by atoms with Crippen molar-refractivity contribution < 1.29 is 14.6 Å². The smallest absolute Gasteiger partial charge is 0.311 e. The average molecular weight is 283 g/mol. The SMILES string of the molecule is COCC[C@]1(C(=O)O)CCCN(Cc2ccsc2)C1. The summed E-state index contributed by atoms with van der Waals surface area (Å²) < 4.78 is 5.08. The number of carboxylic acids is 1. The topological polar surface area (TPSA) is 49.8 Å². The van der Waals surface area contributed by atoms with Gasteiger partial charge in [-0.15, -0.1) is 0 Å². The first-order valence-electron chi connectivity index (χ1n) is 6.62. The average Bonchev–Trinajstić information content (AvgIpc) is 2.89. The van der Waals surface area contributed by atoms with Crippen LogP contribution in [0.3, 0.4) is 0 Å². The van der Waals surface area contributed by atoms with E-state index < -0.39 is 11.4 Å². The zero-order chi connectivity index (χ0) is 13.7. The van der Waals surface area contributed by atoms with Gasteiger partial charge in [0.05, 0.1) is 5.41 Å². The van der Waals surface area contributed by atoms with Crippen molar-refractivity contribution in [3.8, 4) is 0 Å². The van der Waals surface area contributed by atoms with Gasteiger partial charge >= 0.3 is 5.97 Å². The highest BCUT2D eigenvalue weighted by molar-refractivity contribution is 7.07. The van der Waals surface area contributed by atoms with Gasteiger partial charge in [-0.05, 0) is 48.2 Å². The fourth-order valence-electron chi connectivity index (χ4n) is 2.79. The van der Waals surface area contributed by atoms with Crippen LogP contribution in [0.2, 0.25) is 0 Å². The summed E-state index contributed by atoms with van der Waals surface area (Å²) in [7, 11) is 1.63. The van der Waals surface area contributed by atoms with E-state index in [1.165, 1.54) is 5.56 Å². The Kier molecular flexibility index (Phi) is 4.96. The van der Waals surface area contributed by atoms with E-state index in [1.54, 1.807) is 18.4 Å². The van der Waals surface area contributed by atoms with Gasteiger partial charge in [-0.3, -0.25) is 9.69 Å². The van der Waals surface area contributed by atoms with Crippen LogP contribution in [-0.4, -0.2) is 42.8 Å². The van der Waals surface area contributed by atoms with E-state index in [0.29, 0.717) is 19.6 Å². The van der Waals surface area contributed by atoms with E-state index in [9.17, 15) is 9.90 Å². The first-order chi connectivity index (χ1) is 9.16. The normalized spacial score (nSPS) is 24.5. The highest BCUT2D eigenvalue weighted by atomic mass is 32.1. The second-order valence-corrected chi connectivity index (χ2v) is 6.05. The Morgan fingerprint density at radius 1 is 1.63 bits per heavy atom. The number of aliphatic carboxylic acids is 1. The van der Waals surface area contributed by atoms with Crippen LogP contribution in [0, 0.1) is 5.41 Å². The molecule has 1 aromatic rings. The first-order valence-corrected chi connectivity index (χ1v) is 7.56. The van der Waals surface area contributed by atoms with E-state index >= 15 is 0 Å². The number of ether oxygens (including phenoxy) is 1. The number of carboxylic acid groups (broad SMARTS) is 1. The van der Waals surface area contributed by atoms with Crippen LogP contribution in [-0.2, 0) is 16.1 Å². The largest absolute Gasteiger partial charge is 0.481 e. The third-order valence-corrected chi connectivity index (χ3v) is 4.61. The lowest BCUT2D eigenvalue weighted by atomic mass is 9.77. The van der Waals surface area contributed by atoms with Crippen LogP contribution >= 0.6 is 11.3 Å². The van der Waals surface area contributed by atoms with Crippen LogP contribution < -0.4 is 0 Å². The van der Waals surface area contributed by atoms with E-state index in [1.807, 2.05) is 0 Å². The molecule has 1 fully saturated rings. The zero-order valence-corrected chi connectivity index (χ0v) is 12.1. The molecule has 1 N–H and O–H groups in total. The Morgan fingerprint density at radius 2 is 2.47 bits per heavy atom. The molecule has 0 unspecified atom stereocenters. The standard InChI is InChI=1S/C14H21NO3S/c1-18-7-5-14(13(16)17)4-2-6-15(11-14)9-12-3-8-19-10-12/h3,8,10H,2,4-7,9,11H2,1H3,(H,16,17)/t14-/m1/s1. The molecular weight excluding hydrogens is 262 g/mol. The molecule has 1 aliphatic rings. The maximum Gasteiger partial charge on any atom is 0.311 e. The summed E-state index contributed by atoms with van der Waals surface area (Å²) in [5, 5.41) is 13.8. The molecule has 0 aliphatic carbocycles. The van der Waals surface area contributed by atoms with Crippen LogP contribution in [0.25, 0.3) is 0 Å². The van der Waals surface area contributed by atoms with Crippen LogP contribution in [0.5, 0.6) is 0 Å². The molecule has 2 rings (SSSR count). The minimum atomic E-state index is -0.681. The van der Waals surface area contributed by atoms with Crippen molar-refractivity contribution in [2.24, 2.45) is 5.41 Å². The molecule has 0 aromatic carbocycles. The van der Waals surface area contributed by atoms with Crippen molar-refractivity contribution in [1.29, 1.82) is 0 Å². The summed E-state index contributed by atoms with van der Waals surface area (Å²) in [5.41, 5.74) is 0.641. The Hall–Kier alpha value is -0.910. The maximum absolute atomic E-state index is 11.7. The molecule has 4 nitrogen and oxygen atoms in total. The molecule has 106 valence electrons. The van der Waals surface area contributed by atoms with E-state index in [2.05, 4.69) is 21.7 Å². The van der Waals surface area contributed by atoms with E-state index in [4.69, 9.17) is 4.74 Å². The number of hydrogen-bond acceptors (Lipinski definition) is 4. The van der Waals surface area contributed by atoms with Crippen molar-refractivity contribution >= 4 is 17.3 Å². The lowest BCUT2D eigenvalue weighted by Crippen LogP contribution is -2.48. The van der Waals surface area contributed by atoms with Crippen molar-refractivity contribution in [3.63, 3.8) is 0 Å². The minimum absolute atomic E-state index is 0.512. The number of nitrogens with zero attached hydrogens (tertiary/aromatic N) is 1. The van der Waals surface area contributed by atoms with Gasteiger partial charge in [-0.2, -0.15) is 11.3 Å². The number of carbonyl (C=O) groups is 1. The highest BCUT2D eigenvalue weighted by Gasteiger charge is 2.41. The molecule has 0 saturated carbocycles. The molecule has 0 spiro atoms. The fraction of sp³-hybridized carbons (Fsp3) is 0.643.